The first kappa shape index (κ1) is 53.0. The number of fused-ring (bicyclic) bond motifs is 3. The molecule has 12 nitrogen and oxygen atoms in total. The van der Waals surface area contributed by atoms with Gasteiger partial charge in [-0.15, -0.1) is 0 Å². The number of pyridine rings is 2. The van der Waals surface area contributed by atoms with Crippen molar-refractivity contribution in [2.24, 2.45) is 19.1 Å². The molecule has 0 N–H and O–H groups in total. The Kier molecular flexibility index (Phi) is 20.1. The number of rotatable bonds is 12. The average molecular weight is 1210 g/mol. The van der Waals surface area contributed by atoms with Gasteiger partial charge in [-0.3, -0.25) is 24.2 Å². The van der Waals surface area contributed by atoms with Crippen molar-refractivity contribution in [1.82, 2.24) is 9.13 Å². The van der Waals surface area contributed by atoms with E-state index in [0.29, 0.717) is 70.1 Å². The summed E-state index contributed by atoms with van der Waals surface area (Å²) in [5, 5.41) is 1.14. The fourth-order valence-corrected chi connectivity index (χ4v) is 7.33. The van der Waals surface area contributed by atoms with Crippen LogP contribution in [0.2, 0.25) is 10.0 Å². The van der Waals surface area contributed by atoms with Crippen LogP contribution in [0.25, 0.3) is 28.3 Å². The van der Waals surface area contributed by atoms with Crippen LogP contribution >= 0.6 is 63.2 Å². The second-order valence-corrected chi connectivity index (χ2v) is 27.2. The molecule has 2 aromatic heterocycles. The summed E-state index contributed by atoms with van der Waals surface area (Å²) in [7, 11) is 7.08. The molecule has 1 aliphatic heterocycles. The number of methoxy groups -OCH3 is 2. The molecule has 0 saturated carbocycles. The molecule has 1 unspecified atom stereocenters. The van der Waals surface area contributed by atoms with E-state index in [9.17, 15) is 24.0 Å². The zero-order chi connectivity index (χ0) is 48.8. The summed E-state index contributed by atoms with van der Waals surface area (Å²) < 4.78 is 23.9. The van der Waals surface area contributed by atoms with E-state index in [-0.39, 0.29) is 42.5 Å². The Bertz CT molecular complexity index is 2940. The summed E-state index contributed by atoms with van der Waals surface area (Å²) in [6.45, 7) is 3.99. The first-order valence-corrected chi connectivity index (χ1v) is 30.3. The van der Waals surface area contributed by atoms with Crippen LogP contribution < -0.4 is 20.6 Å². The molecule has 17 heteroatoms. The van der Waals surface area contributed by atoms with Crippen molar-refractivity contribution >= 4 is 92.7 Å². The van der Waals surface area contributed by atoms with Gasteiger partial charge in [0.25, 0.3) is 11.1 Å². The van der Waals surface area contributed by atoms with E-state index < -0.39 is 12.0 Å². The van der Waals surface area contributed by atoms with Gasteiger partial charge in [0.2, 0.25) is 0 Å². The molecule has 0 radical (unpaired) electrons. The number of aromatic nitrogens is 2. The second-order valence-electron chi connectivity index (χ2n) is 14.5. The molecule has 4 aromatic carbocycles. The first-order valence-electron chi connectivity index (χ1n) is 20.5. The molecule has 0 fully saturated rings. The van der Waals surface area contributed by atoms with Crippen molar-refractivity contribution in [3.8, 4) is 33.8 Å². The number of esters is 2. The fraction of sp³-hybridized carbons (Fsp3) is 0.200. The third-order valence-electron chi connectivity index (χ3n) is 10.3. The normalized spacial score (nSPS) is 12.4. The zero-order valence-electron chi connectivity index (χ0n) is 37.2. The van der Waals surface area contributed by atoms with Crippen LogP contribution in [-0.4, -0.2) is 60.0 Å². The fourth-order valence-electron chi connectivity index (χ4n) is 7.08. The number of halogens is 4. The molecule has 6 aromatic rings. The molecule has 1 atom stereocenters. The van der Waals surface area contributed by atoms with E-state index in [1.807, 2.05) is 30.3 Å². The van der Waals surface area contributed by atoms with E-state index in [4.69, 9.17) is 47.1 Å². The molecule has 7 rings (SSSR count). The number of benzene rings is 4. The quantitative estimate of drug-likeness (QED) is 0.0506. The van der Waals surface area contributed by atoms with Gasteiger partial charge in [-0.25, -0.2) is 4.79 Å². The topological polar surface area (TPSA) is 144 Å². The van der Waals surface area contributed by atoms with Crippen LogP contribution in [0, 0.1) is 0 Å². The molecule has 67 heavy (non-hydrogen) atoms. The van der Waals surface area contributed by atoms with Crippen LogP contribution in [0.4, 0.5) is 0 Å². The van der Waals surface area contributed by atoms with Gasteiger partial charge in [0.05, 0.1) is 45.6 Å². The van der Waals surface area contributed by atoms with Crippen LogP contribution in [-0.2, 0) is 42.6 Å². The molecule has 0 bridgehead atoms. The third kappa shape index (κ3) is 13.8. The predicted octanol–water partition coefficient (Wildman–Crippen LogP) is 10.9. The average Bonchev–Trinajstić information content (AvgIpc) is 3.43. The monoisotopic (exact) mass is 1210 g/mol. The van der Waals surface area contributed by atoms with Gasteiger partial charge in [0, 0.05) is 88.1 Å². The Morgan fingerprint density at radius 3 is 1.85 bits per heavy atom. The second kappa shape index (κ2) is 25.4. The van der Waals surface area contributed by atoms with Crippen molar-refractivity contribution in [3.05, 3.63) is 180 Å². The van der Waals surface area contributed by atoms with Crippen molar-refractivity contribution in [3.63, 3.8) is 0 Å². The molecular formula is C50H45Cl2I2N3O9V. The van der Waals surface area contributed by atoms with Crippen LogP contribution in [0.5, 0.6) is 11.5 Å². The Balaban J connectivity index is 0.000000237. The Morgan fingerprint density at radius 1 is 0.701 bits per heavy atom. The van der Waals surface area contributed by atoms with Crippen molar-refractivity contribution in [2.45, 2.75) is 26.3 Å². The zero-order valence-corrected chi connectivity index (χ0v) is 44.4. The van der Waals surface area contributed by atoms with E-state index >= 15 is 0 Å². The molecule has 0 spiro atoms. The van der Waals surface area contributed by atoms with E-state index in [2.05, 4.69) is 40.0 Å². The van der Waals surface area contributed by atoms with Crippen LogP contribution in [0.15, 0.2) is 130 Å². The van der Waals surface area contributed by atoms with Gasteiger partial charge >= 0.3 is 61.4 Å². The number of hydrogen-bond donors (Lipinski definition) is 0. The number of carbonyl (C=O) groups excluding carboxylic acids is 3. The van der Waals surface area contributed by atoms with Gasteiger partial charge in [-0.05, 0) is 115 Å². The van der Waals surface area contributed by atoms with Crippen LogP contribution in [0.1, 0.15) is 64.5 Å². The van der Waals surface area contributed by atoms with Gasteiger partial charge in [0.15, 0.2) is 5.78 Å². The van der Waals surface area contributed by atoms with Crippen molar-refractivity contribution in [1.29, 1.82) is 0 Å². The van der Waals surface area contributed by atoms with Gasteiger partial charge < -0.3 is 28.1 Å². The predicted molar refractivity (Wildman–Crippen MR) is 277 cm³/mol. The van der Waals surface area contributed by atoms with Crippen molar-refractivity contribution in [2.75, 3.05) is 27.4 Å². The first-order chi connectivity index (χ1) is 32.2. The van der Waals surface area contributed by atoms with E-state index in [1.54, 1.807) is 108 Å². The maximum absolute atomic E-state index is 13.4. The molecule has 0 saturated heterocycles. The molecule has 3 heterocycles. The van der Waals surface area contributed by atoms with E-state index in [0.717, 1.165) is 22.3 Å². The number of nitrogens with zero attached hydrogens (tertiary/aromatic N) is 3. The van der Waals surface area contributed by atoms with E-state index in [1.165, 1.54) is 34.5 Å². The summed E-state index contributed by atoms with van der Waals surface area (Å²) in [5.74, 6) is 0.0723. The SMILES string of the molecule is CCOC(=O)/C=C/c1cc(=O)n(C)cc1-c1ccc(OC)cc1C(=O)c1ccc(Cl)cc1.CCOC(=O)CC1N=C(c2ccc(Cl)cc2)c2cc(OC)ccc2-c2cn(C)c(=O)cc21.[I][V][I]. The summed E-state index contributed by atoms with van der Waals surface area (Å²) in [6, 6.07) is 27.2. The molecule has 0 aliphatic carbocycles. The molecular weight excluding hydrogens is 1160 g/mol. The van der Waals surface area contributed by atoms with Crippen molar-refractivity contribution < 1.29 is 42.8 Å². The number of ketones is 1. The number of ether oxygens (including phenoxy) is 4. The summed E-state index contributed by atoms with van der Waals surface area (Å²) >= 11 is 16.8. The minimum absolute atomic E-state index is 0.0240. The molecule has 1 aliphatic rings. The van der Waals surface area contributed by atoms with Gasteiger partial charge in [-0.2, -0.15) is 0 Å². The Morgan fingerprint density at radius 2 is 1.25 bits per heavy atom. The van der Waals surface area contributed by atoms with Gasteiger partial charge in [-0.1, -0.05) is 35.3 Å². The summed E-state index contributed by atoms with van der Waals surface area (Å²) in [5.41, 5.74) is 6.91. The Labute approximate surface area is 427 Å². The number of hydrogen-bond acceptors (Lipinski definition) is 10. The van der Waals surface area contributed by atoms with Gasteiger partial charge in [0.1, 0.15) is 11.5 Å². The standard InChI is InChI=1S/C25H23ClN2O4.C25H22ClNO5.2HI.V/c1-4-32-24(30)13-22-19-12-23(29)28(2)14-21(19)18-10-9-17(31-3)11-20(18)25(27-22)15-5-7-16(26)8-6-15;1-4-32-24(29)12-7-17-13-23(28)27(2)15-22(17)20-11-10-19(31-3)14-21(20)25(30)16-5-8-18(26)9-6-16;;;/h5-12,14,22H,4,13H2,1-3H3;5-15H,4H2,1-3H3;2*1H;/q;;;;+2/p-2/b;12-7+;;;. The Hall–Kier alpha value is -4.98. The molecule has 0 amide bonds. The molecule has 347 valence electrons. The number of aryl methyl sites for hydroxylation is 2. The summed E-state index contributed by atoms with van der Waals surface area (Å²) in [6.07, 6.45) is 6.22. The minimum atomic E-state index is -0.581. The van der Waals surface area contributed by atoms with Crippen LogP contribution in [0.3, 0.4) is 0 Å². The maximum atomic E-state index is 13.4. The summed E-state index contributed by atoms with van der Waals surface area (Å²) in [4.78, 5) is 67.4. The number of carbonyl (C=O) groups is 3. The third-order valence-corrected chi connectivity index (χ3v) is 10.8. The number of aliphatic imine (C=N–C) groups is 1.